The predicted molar refractivity (Wildman–Crippen MR) is 73.0 cm³/mol. The van der Waals surface area contributed by atoms with Crippen LogP contribution in [0.1, 0.15) is 10.6 Å². The first kappa shape index (κ1) is 15.3. The molecular weight excluding hydrogens is 330 g/mol. The second-order valence-electron chi connectivity index (χ2n) is 4.39. The van der Waals surface area contributed by atoms with Gasteiger partial charge in [0.1, 0.15) is 16.6 Å². The van der Waals surface area contributed by atoms with Crippen molar-refractivity contribution in [1.82, 2.24) is 10.2 Å². The highest BCUT2D eigenvalue weighted by Crippen LogP contribution is 2.24. The Kier molecular flexibility index (Phi) is 3.74. The third-order valence-electron chi connectivity index (χ3n) is 2.80. The van der Waals surface area contributed by atoms with Gasteiger partial charge >= 0.3 is 11.9 Å². The van der Waals surface area contributed by atoms with Crippen molar-refractivity contribution in [1.29, 1.82) is 0 Å². The highest BCUT2D eigenvalue weighted by Gasteiger charge is 2.20. The molecule has 0 aliphatic carbocycles. The molecule has 3 rings (SSSR count). The molecule has 0 atom stereocenters. The van der Waals surface area contributed by atoms with E-state index in [4.69, 9.17) is 8.83 Å². The molecule has 0 bridgehead atoms. The lowest BCUT2D eigenvalue weighted by Crippen LogP contribution is -2.11. The lowest BCUT2D eigenvalue weighted by Gasteiger charge is -1.98. The van der Waals surface area contributed by atoms with E-state index in [1.165, 1.54) is 0 Å². The number of furan rings is 1. The van der Waals surface area contributed by atoms with Gasteiger partial charge in [-0.1, -0.05) is 5.10 Å². The van der Waals surface area contributed by atoms with Gasteiger partial charge in [-0.15, -0.1) is 5.10 Å². The summed E-state index contributed by atoms with van der Waals surface area (Å²) in [5.74, 6) is -3.82. The van der Waals surface area contributed by atoms with Gasteiger partial charge in [-0.05, 0) is 18.2 Å². The maximum absolute atomic E-state index is 13.6. The molecule has 1 aromatic carbocycles. The number of benzene rings is 1. The number of hydrogen-bond donors (Lipinski definition) is 1. The summed E-state index contributed by atoms with van der Waals surface area (Å²) < 4.78 is 36.2. The van der Waals surface area contributed by atoms with Crippen LogP contribution in [0.5, 0.6) is 0 Å². The molecule has 0 saturated heterocycles. The highest BCUT2D eigenvalue weighted by atomic mass is 19.1. The van der Waals surface area contributed by atoms with Gasteiger partial charge in [-0.2, -0.15) is 0 Å². The molecule has 2 aromatic heterocycles. The van der Waals surface area contributed by atoms with Crippen LogP contribution >= 0.6 is 0 Å². The van der Waals surface area contributed by atoms with Gasteiger partial charge in [0.25, 0.3) is 11.8 Å². The third-order valence-corrected chi connectivity index (χ3v) is 2.80. The van der Waals surface area contributed by atoms with Crippen LogP contribution < -0.4 is 5.32 Å². The molecule has 11 heteroatoms. The van der Waals surface area contributed by atoms with Gasteiger partial charge < -0.3 is 8.83 Å². The number of anilines is 1. The van der Waals surface area contributed by atoms with Crippen LogP contribution in [0.4, 0.5) is 20.7 Å². The highest BCUT2D eigenvalue weighted by molar-refractivity contribution is 6.01. The summed E-state index contributed by atoms with van der Waals surface area (Å²) in [6, 6.07) is 4.44. The molecule has 122 valence electrons. The zero-order valence-electron chi connectivity index (χ0n) is 11.5. The summed E-state index contributed by atoms with van der Waals surface area (Å²) in [4.78, 5) is 21.5. The third kappa shape index (κ3) is 2.95. The number of hydrogen-bond acceptors (Lipinski definition) is 7. The number of nitro groups is 1. The van der Waals surface area contributed by atoms with Crippen molar-refractivity contribution in [3.05, 3.63) is 57.8 Å². The van der Waals surface area contributed by atoms with Gasteiger partial charge in [0.15, 0.2) is 5.76 Å². The Morgan fingerprint density at radius 1 is 1.17 bits per heavy atom. The normalized spacial score (nSPS) is 10.6. The Balaban J connectivity index is 1.78. The van der Waals surface area contributed by atoms with Crippen LogP contribution in [0.2, 0.25) is 0 Å². The largest absolute Gasteiger partial charge is 0.433 e. The fourth-order valence-corrected chi connectivity index (χ4v) is 1.75. The van der Waals surface area contributed by atoms with Gasteiger partial charge in [0.05, 0.1) is 11.6 Å². The maximum atomic E-state index is 13.6. The minimum absolute atomic E-state index is 0.155. The summed E-state index contributed by atoms with van der Waals surface area (Å²) in [7, 11) is 0. The molecule has 9 nitrogen and oxygen atoms in total. The lowest BCUT2D eigenvalue weighted by molar-refractivity contribution is -0.402. The quantitative estimate of drug-likeness (QED) is 0.573. The van der Waals surface area contributed by atoms with Crippen LogP contribution in [-0.4, -0.2) is 21.0 Å². The molecule has 0 saturated carbocycles. The van der Waals surface area contributed by atoms with Crippen LogP contribution in [-0.2, 0) is 0 Å². The van der Waals surface area contributed by atoms with E-state index in [2.05, 4.69) is 15.5 Å². The lowest BCUT2D eigenvalue weighted by atomic mass is 10.2. The zero-order chi connectivity index (χ0) is 17.3. The van der Waals surface area contributed by atoms with Crippen LogP contribution in [0.15, 0.2) is 39.2 Å². The maximum Gasteiger partial charge on any atom is 0.433 e. The van der Waals surface area contributed by atoms with Gasteiger partial charge in [0, 0.05) is 6.07 Å². The van der Waals surface area contributed by atoms with Crippen molar-refractivity contribution in [3.8, 4) is 11.5 Å². The average molecular weight is 336 g/mol. The number of amides is 1. The first-order valence-corrected chi connectivity index (χ1v) is 6.28. The molecular formula is C13H6F2N4O5. The molecule has 0 aliphatic heterocycles. The monoisotopic (exact) mass is 336 g/mol. The Labute approximate surface area is 131 Å². The second kappa shape index (κ2) is 5.87. The van der Waals surface area contributed by atoms with Gasteiger partial charge in [-0.3, -0.25) is 20.2 Å². The topological polar surface area (TPSA) is 124 Å². The molecule has 0 spiro atoms. The Bertz CT molecular complexity index is 936. The number of halogens is 2. The van der Waals surface area contributed by atoms with E-state index >= 15 is 0 Å². The van der Waals surface area contributed by atoms with E-state index in [1.807, 2.05) is 0 Å². The number of nitrogens with zero attached hydrogens (tertiary/aromatic N) is 3. The SMILES string of the molecule is O=C(Nc1nnc(-c2ccc(F)cc2F)o1)c1ccc([N+](=O)[O-])o1. The fraction of sp³-hybridized carbons (Fsp3) is 0. The number of carbonyl (C=O) groups is 1. The minimum Gasteiger partial charge on any atom is -0.403 e. The molecule has 0 radical (unpaired) electrons. The fourth-order valence-electron chi connectivity index (χ4n) is 1.75. The van der Waals surface area contributed by atoms with Crippen molar-refractivity contribution in [3.63, 3.8) is 0 Å². The summed E-state index contributed by atoms with van der Waals surface area (Å²) in [5, 5.41) is 19.6. The standard InChI is InChI=1S/C13H6F2N4O5/c14-6-1-2-7(8(15)5-6)12-17-18-13(24-12)16-11(20)9-3-4-10(23-9)19(21)22/h1-5H,(H,16,18,20). The van der Waals surface area contributed by atoms with E-state index < -0.39 is 34.4 Å². The summed E-state index contributed by atoms with van der Waals surface area (Å²) in [5.41, 5.74) is -0.155. The Hall–Kier alpha value is -3.63. The van der Waals surface area contributed by atoms with Crippen molar-refractivity contribution in [2.45, 2.75) is 0 Å². The van der Waals surface area contributed by atoms with E-state index in [1.54, 1.807) is 0 Å². The van der Waals surface area contributed by atoms with E-state index in [0.29, 0.717) is 6.07 Å². The predicted octanol–water partition coefficient (Wildman–Crippen LogP) is 2.77. The molecule has 0 unspecified atom stereocenters. The molecule has 1 N–H and O–H groups in total. The van der Waals surface area contributed by atoms with Crippen molar-refractivity contribution in [2.24, 2.45) is 0 Å². The molecule has 0 aliphatic rings. The van der Waals surface area contributed by atoms with Crippen molar-refractivity contribution in [2.75, 3.05) is 5.32 Å². The van der Waals surface area contributed by atoms with E-state index in [-0.39, 0.29) is 17.2 Å². The Morgan fingerprint density at radius 3 is 2.62 bits per heavy atom. The number of rotatable bonds is 4. The molecule has 24 heavy (non-hydrogen) atoms. The minimum atomic E-state index is -0.918. The summed E-state index contributed by atoms with van der Waals surface area (Å²) >= 11 is 0. The average Bonchev–Trinajstić information content (AvgIpc) is 3.16. The Morgan fingerprint density at radius 2 is 1.96 bits per heavy atom. The summed E-state index contributed by atoms with van der Waals surface area (Å²) in [6.45, 7) is 0. The number of carbonyl (C=O) groups excluding carboxylic acids is 1. The number of aromatic nitrogens is 2. The van der Waals surface area contributed by atoms with Crippen LogP contribution in [0.25, 0.3) is 11.5 Å². The second-order valence-corrected chi connectivity index (χ2v) is 4.39. The van der Waals surface area contributed by atoms with Gasteiger partial charge in [0.2, 0.25) is 0 Å². The zero-order valence-corrected chi connectivity index (χ0v) is 11.5. The van der Waals surface area contributed by atoms with Crippen molar-refractivity contribution >= 4 is 17.8 Å². The summed E-state index contributed by atoms with van der Waals surface area (Å²) in [6.07, 6.45) is 0. The van der Waals surface area contributed by atoms with Crippen LogP contribution in [0, 0.1) is 21.7 Å². The smallest absolute Gasteiger partial charge is 0.403 e. The molecule has 0 fully saturated rings. The number of nitrogens with one attached hydrogen (secondary N) is 1. The van der Waals surface area contributed by atoms with Gasteiger partial charge in [-0.25, -0.2) is 8.78 Å². The van der Waals surface area contributed by atoms with E-state index in [0.717, 1.165) is 24.3 Å². The first-order chi connectivity index (χ1) is 11.4. The van der Waals surface area contributed by atoms with E-state index in [9.17, 15) is 23.7 Å². The van der Waals surface area contributed by atoms with Crippen molar-refractivity contribution < 1.29 is 27.3 Å². The molecule has 3 aromatic rings. The molecule has 1 amide bonds. The molecule has 2 heterocycles. The first-order valence-electron chi connectivity index (χ1n) is 6.28. The van der Waals surface area contributed by atoms with Crippen LogP contribution in [0.3, 0.4) is 0 Å².